The maximum absolute atomic E-state index is 7.08. The third kappa shape index (κ3) is 4.42. The summed E-state index contributed by atoms with van der Waals surface area (Å²) >= 11 is 0. The minimum Gasteiger partial charge on any atom is -0.455 e. The lowest BCUT2D eigenvalue weighted by Gasteiger charge is -2.14. The molecule has 0 saturated carbocycles. The van der Waals surface area contributed by atoms with Crippen molar-refractivity contribution in [2.24, 2.45) is 0 Å². The Morgan fingerprint density at radius 2 is 0.857 bits per heavy atom. The van der Waals surface area contributed by atoms with Crippen molar-refractivity contribution in [3.05, 3.63) is 164 Å². The summed E-state index contributed by atoms with van der Waals surface area (Å²) in [6, 6.07) is 56.9. The molecule has 0 spiro atoms. The lowest BCUT2D eigenvalue weighted by Crippen LogP contribution is -2.00. The van der Waals surface area contributed by atoms with E-state index in [2.05, 4.69) is 103 Å². The van der Waals surface area contributed by atoms with Crippen LogP contribution in [0.1, 0.15) is 0 Å². The van der Waals surface area contributed by atoms with Crippen molar-refractivity contribution in [1.29, 1.82) is 0 Å². The lowest BCUT2D eigenvalue weighted by atomic mass is 9.89. The second kappa shape index (κ2) is 11.0. The Bertz CT molecular complexity index is 2820. The predicted molar refractivity (Wildman–Crippen MR) is 201 cm³/mol. The molecular formula is C45H27N3O. The number of para-hydroxylation sites is 1. The molecule has 228 valence electrons. The molecule has 8 aromatic carbocycles. The largest absolute Gasteiger partial charge is 0.455 e. The lowest BCUT2D eigenvalue weighted by molar-refractivity contribution is 0.671. The molecule has 4 nitrogen and oxygen atoms in total. The van der Waals surface area contributed by atoms with Crippen LogP contribution in [0, 0.1) is 0 Å². The summed E-state index contributed by atoms with van der Waals surface area (Å²) < 4.78 is 7.08. The van der Waals surface area contributed by atoms with E-state index >= 15 is 0 Å². The summed E-state index contributed by atoms with van der Waals surface area (Å²) in [5.41, 5.74) is 6.51. The van der Waals surface area contributed by atoms with Crippen LogP contribution in [0.2, 0.25) is 0 Å². The number of aromatic nitrogens is 3. The zero-order chi connectivity index (χ0) is 32.3. The molecule has 10 rings (SSSR count). The van der Waals surface area contributed by atoms with E-state index in [4.69, 9.17) is 19.4 Å². The molecular weight excluding hydrogens is 599 g/mol. The molecule has 2 heterocycles. The van der Waals surface area contributed by atoms with Gasteiger partial charge in [0.25, 0.3) is 0 Å². The van der Waals surface area contributed by atoms with Gasteiger partial charge in [-0.05, 0) is 56.1 Å². The standard InChI is InChI=1S/C45H27N3O/c1-3-14-28(15-4-1)43-46-44(29-16-5-2-6-17-29)48-45(47-43)37-25-13-24-36-39-27-31-19-8-10-21-33(31)40(42(39)49-41(36)37)38-26-30-18-7-9-20-32(30)34-22-11-12-23-35(34)38/h1-27H. The first kappa shape index (κ1) is 27.5. The van der Waals surface area contributed by atoms with Crippen LogP contribution in [-0.4, -0.2) is 15.0 Å². The summed E-state index contributed by atoms with van der Waals surface area (Å²) in [7, 11) is 0. The third-order valence-corrected chi connectivity index (χ3v) is 9.49. The van der Waals surface area contributed by atoms with Gasteiger partial charge in [-0.25, -0.2) is 15.0 Å². The van der Waals surface area contributed by atoms with Crippen molar-refractivity contribution in [3.63, 3.8) is 0 Å². The van der Waals surface area contributed by atoms with E-state index in [1.165, 1.54) is 21.5 Å². The highest BCUT2D eigenvalue weighted by Gasteiger charge is 2.22. The van der Waals surface area contributed by atoms with Gasteiger partial charge in [0.15, 0.2) is 17.5 Å². The maximum Gasteiger partial charge on any atom is 0.167 e. The van der Waals surface area contributed by atoms with Crippen LogP contribution in [0.5, 0.6) is 0 Å². The van der Waals surface area contributed by atoms with E-state index < -0.39 is 0 Å². The van der Waals surface area contributed by atoms with Crippen molar-refractivity contribution < 1.29 is 4.42 Å². The first-order valence-electron chi connectivity index (χ1n) is 16.5. The topological polar surface area (TPSA) is 51.8 Å². The summed E-state index contributed by atoms with van der Waals surface area (Å²) in [4.78, 5) is 15.0. The number of furan rings is 1. The molecule has 49 heavy (non-hydrogen) atoms. The van der Waals surface area contributed by atoms with Gasteiger partial charge in [0.2, 0.25) is 0 Å². The first-order chi connectivity index (χ1) is 24.3. The smallest absolute Gasteiger partial charge is 0.167 e. The molecule has 0 N–H and O–H groups in total. The average molecular weight is 626 g/mol. The van der Waals surface area contributed by atoms with Gasteiger partial charge in [-0.2, -0.15) is 0 Å². The van der Waals surface area contributed by atoms with E-state index in [0.29, 0.717) is 17.5 Å². The highest BCUT2D eigenvalue weighted by Crippen LogP contribution is 2.46. The van der Waals surface area contributed by atoms with Crippen molar-refractivity contribution in [1.82, 2.24) is 15.0 Å². The molecule has 0 fully saturated rings. The summed E-state index contributed by atoms with van der Waals surface area (Å²) in [5.74, 6) is 1.80. The van der Waals surface area contributed by atoms with Crippen LogP contribution in [0.4, 0.5) is 0 Å². The summed E-state index contributed by atoms with van der Waals surface area (Å²) in [5, 5.41) is 9.24. The van der Waals surface area contributed by atoms with Crippen LogP contribution >= 0.6 is 0 Å². The molecule has 0 aliphatic carbocycles. The third-order valence-electron chi connectivity index (χ3n) is 9.49. The molecule has 0 saturated heterocycles. The minimum absolute atomic E-state index is 0.569. The van der Waals surface area contributed by atoms with Gasteiger partial charge >= 0.3 is 0 Å². The number of hydrogen-bond donors (Lipinski definition) is 0. The summed E-state index contributed by atoms with van der Waals surface area (Å²) in [6.45, 7) is 0. The van der Waals surface area contributed by atoms with E-state index in [0.717, 1.165) is 60.5 Å². The van der Waals surface area contributed by atoms with E-state index in [1.807, 2.05) is 60.7 Å². The van der Waals surface area contributed by atoms with Crippen LogP contribution in [0.15, 0.2) is 168 Å². The number of fused-ring (bicyclic) bond motifs is 7. The van der Waals surface area contributed by atoms with Crippen molar-refractivity contribution >= 4 is 54.3 Å². The van der Waals surface area contributed by atoms with Gasteiger partial charge in [0.1, 0.15) is 11.2 Å². The normalized spacial score (nSPS) is 11.7. The van der Waals surface area contributed by atoms with Gasteiger partial charge in [0.05, 0.1) is 5.56 Å². The Balaban J connectivity index is 1.30. The molecule has 0 atom stereocenters. The van der Waals surface area contributed by atoms with Crippen molar-refractivity contribution in [2.75, 3.05) is 0 Å². The molecule has 0 aliphatic heterocycles. The zero-order valence-electron chi connectivity index (χ0n) is 26.3. The fourth-order valence-corrected chi connectivity index (χ4v) is 7.23. The second-order valence-corrected chi connectivity index (χ2v) is 12.4. The molecule has 4 heteroatoms. The quantitative estimate of drug-likeness (QED) is 0.183. The second-order valence-electron chi connectivity index (χ2n) is 12.4. The molecule has 0 radical (unpaired) electrons. The molecule has 10 aromatic rings. The monoisotopic (exact) mass is 625 g/mol. The van der Waals surface area contributed by atoms with Crippen molar-refractivity contribution in [2.45, 2.75) is 0 Å². The Morgan fingerprint density at radius 3 is 1.55 bits per heavy atom. The number of nitrogens with zero attached hydrogens (tertiary/aromatic N) is 3. The fourth-order valence-electron chi connectivity index (χ4n) is 7.23. The zero-order valence-corrected chi connectivity index (χ0v) is 26.3. The van der Waals surface area contributed by atoms with Crippen LogP contribution in [0.3, 0.4) is 0 Å². The molecule has 2 aromatic heterocycles. The Morgan fingerprint density at radius 1 is 0.327 bits per heavy atom. The van der Waals surface area contributed by atoms with Crippen molar-refractivity contribution in [3.8, 4) is 45.3 Å². The SMILES string of the molecule is c1ccc(-c2nc(-c3ccccc3)nc(-c3cccc4c3oc3c(-c5cc6ccccc6c6ccccc56)c5ccccc5cc34)n2)cc1. The number of rotatable bonds is 4. The van der Waals surface area contributed by atoms with Gasteiger partial charge in [-0.3, -0.25) is 0 Å². The van der Waals surface area contributed by atoms with E-state index in [-0.39, 0.29) is 0 Å². The molecule has 0 amide bonds. The summed E-state index contributed by atoms with van der Waals surface area (Å²) in [6.07, 6.45) is 0. The highest BCUT2D eigenvalue weighted by atomic mass is 16.3. The minimum atomic E-state index is 0.569. The maximum atomic E-state index is 7.08. The fraction of sp³-hybridized carbons (Fsp3) is 0. The van der Waals surface area contributed by atoms with Gasteiger partial charge in [-0.15, -0.1) is 0 Å². The number of benzene rings is 8. The van der Waals surface area contributed by atoms with Crippen LogP contribution in [0.25, 0.3) is 99.5 Å². The molecule has 0 unspecified atom stereocenters. The molecule has 0 aliphatic rings. The van der Waals surface area contributed by atoms with Crippen LogP contribution < -0.4 is 0 Å². The first-order valence-corrected chi connectivity index (χ1v) is 16.5. The van der Waals surface area contributed by atoms with Crippen LogP contribution in [-0.2, 0) is 0 Å². The Labute approximate surface area is 282 Å². The predicted octanol–water partition coefficient (Wildman–Crippen LogP) is 11.9. The highest BCUT2D eigenvalue weighted by molar-refractivity contribution is 6.24. The average Bonchev–Trinajstić information content (AvgIpc) is 3.55. The number of hydrogen-bond acceptors (Lipinski definition) is 4. The van der Waals surface area contributed by atoms with Gasteiger partial charge < -0.3 is 4.42 Å². The van der Waals surface area contributed by atoms with Gasteiger partial charge in [-0.1, -0.05) is 146 Å². The molecule has 0 bridgehead atoms. The Kier molecular flexibility index (Phi) is 6.15. The van der Waals surface area contributed by atoms with E-state index in [1.54, 1.807) is 0 Å². The van der Waals surface area contributed by atoms with E-state index in [9.17, 15) is 0 Å². The Hall–Kier alpha value is -6.65. The van der Waals surface area contributed by atoms with Gasteiger partial charge in [0, 0.05) is 27.5 Å².